The van der Waals surface area contributed by atoms with E-state index in [4.69, 9.17) is 4.74 Å². The van der Waals surface area contributed by atoms with Crippen LogP contribution in [0.3, 0.4) is 0 Å². The Hall–Kier alpha value is -3.32. The van der Waals surface area contributed by atoms with Gasteiger partial charge in [-0.2, -0.15) is 0 Å². The Morgan fingerprint density at radius 3 is 2.55 bits per heavy atom. The molecule has 0 spiro atoms. The van der Waals surface area contributed by atoms with Crippen LogP contribution in [-0.2, 0) is 16.4 Å². The van der Waals surface area contributed by atoms with E-state index in [9.17, 15) is 13.2 Å². The van der Waals surface area contributed by atoms with E-state index in [1.165, 1.54) is 12.1 Å². The molecule has 0 atom stereocenters. The number of anilines is 2. The fourth-order valence-electron chi connectivity index (χ4n) is 3.76. The van der Waals surface area contributed by atoms with Crippen molar-refractivity contribution < 1.29 is 17.9 Å². The maximum Gasteiger partial charge on any atom is 0.261 e. The predicted octanol–water partition coefficient (Wildman–Crippen LogP) is 4.40. The van der Waals surface area contributed by atoms with Crippen molar-refractivity contribution in [3.05, 3.63) is 83.4 Å². The first-order chi connectivity index (χ1) is 14.9. The minimum atomic E-state index is -3.85. The predicted molar refractivity (Wildman–Crippen MR) is 121 cm³/mol. The van der Waals surface area contributed by atoms with E-state index in [0.29, 0.717) is 23.5 Å². The van der Waals surface area contributed by atoms with Gasteiger partial charge in [0.15, 0.2) is 0 Å². The first-order valence-corrected chi connectivity index (χ1v) is 11.5. The molecular formula is C24H24N2O4S. The van der Waals surface area contributed by atoms with Crippen LogP contribution in [0.25, 0.3) is 0 Å². The van der Waals surface area contributed by atoms with E-state index < -0.39 is 10.0 Å². The molecule has 0 fully saturated rings. The van der Waals surface area contributed by atoms with Crippen LogP contribution in [-0.4, -0.2) is 28.0 Å². The molecule has 1 aliphatic heterocycles. The van der Waals surface area contributed by atoms with Crippen LogP contribution in [0, 0.1) is 6.92 Å². The summed E-state index contributed by atoms with van der Waals surface area (Å²) < 4.78 is 33.4. The van der Waals surface area contributed by atoms with Gasteiger partial charge in [0, 0.05) is 23.5 Å². The summed E-state index contributed by atoms with van der Waals surface area (Å²) >= 11 is 0. The second-order valence-corrected chi connectivity index (χ2v) is 9.24. The fraction of sp³-hybridized carbons (Fsp3) is 0.208. The molecule has 3 aromatic carbocycles. The van der Waals surface area contributed by atoms with Crippen LogP contribution in [0.1, 0.15) is 27.9 Å². The molecule has 0 unspecified atom stereocenters. The molecule has 0 saturated heterocycles. The SMILES string of the molecule is COc1ccc(NS(=O)(=O)c2cccc(C(=O)N3CCCc4cc(C)ccc43)c2)cc1. The van der Waals surface area contributed by atoms with E-state index in [-0.39, 0.29) is 10.8 Å². The van der Waals surface area contributed by atoms with Gasteiger partial charge in [-0.15, -0.1) is 0 Å². The molecule has 0 aromatic heterocycles. The monoisotopic (exact) mass is 436 g/mol. The number of ether oxygens (including phenoxy) is 1. The van der Waals surface area contributed by atoms with Gasteiger partial charge < -0.3 is 9.64 Å². The van der Waals surface area contributed by atoms with Crippen molar-refractivity contribution in [2.45, 2.75) is 24.7 Å². The Labute approximate surface area is 182 Å². The topological polar surface area (TPSA) is 75.7 Å². The highest BCUT2D eigenvalue weighted by Gasteiger charge is 2.25. The lowest BCUT2D eigenvalue weighted by molar-refractivity contribution is 0.0985. The maximum absolute atomic E-state index is 13.3. The number of carbonyl (C=O) groups is 1. The normalized spacial score (nSPS) is 13.4. The molecule has 1 heterocycles. The van der Waals surface area contributed by atoms with Crippen LogP contribution >= 0.6 is 0 Å². The number of sulfonamides is 1. The zero-order valence-corrected chi connectivity index (χ0v) is 18.3. The number of hydrogen-bond donors (Lipinski definition) is 1. The van der Waals surface area contributed by atoms with E-state index >= 15 is 0 Å². The van der Waals surface area contributed by atoms with Crippen LogP contribution < -0.4 is 14.4 Å². The first-order valence-electron chi connectivity index (χ1n) is 10.1. The van der Waals surface area contributed by atoms with Crippen molar-refractivity contribution in [1.82, 2.24) is 0 Å². The van der Waals surface area contributed by atoms with E-state index in [1.807, 2.05) is 19.1 Å². The highest BCUT2D eigenvalue weighted by Crippen LogP contribution is 2.30. The first kappa shape index (κ1) is 20.9. The van der Waals surface area contributed by atoms with Gasteiger partial charge in [0.1, 0.15) is 5.75 Å². The molecule has 6 nitrogen and oxygen atoms in total. The largest absolute Gasteiger partial charge is 0.497 e. The molecule has 4 rings (SSSR count). The summed E-state index contributed by atoms with van der Waals surface area (Å²) in [7, 11) is -2.30. The Balaban J connectivity index is 1.60. The number of aryl methyl sites for hydroxylation is 2. The summed E-state index contributed by atoms with van der Waals surface area (Å²) in [4.78, 5) is 15.0. The third kappa shape index (κ3) is 4.41. The molecule has 31 heavy (non-hydrogen) atoms. The van der Waals surface area contributed by atoms with Crippen molar-refractivity contribution in [2.75, 3.05) is 23.3 Å². The molecule has 1 aliphatic rings. The number of hydrogen-bond acceptors (Lipinski definition) is 4. The van der Waals surface area contributed by atoms with Gasteiger partial charge in [0.05, 0.1) is 12.0 Å². The molecule has 160 valence electrons. The highest BCUT2D eigenvalue weighted by atomic mass is 32.2. The molecule has 0 aliphatic carbocycles. The fourth-order valence-corrected chi connectivity index (χ4v) is 4.87. The van der Waals surface area contributed by atoms with Gasteiger partial charge in [-0.25, -0.2) is 8.42 Å². The summed E-state index contributed by atoms with van der Waals surface area (Å²) in [6, 6.07) is 18.8. The molecule has 7 heteroatoms. The Kier molecular flexibility index (Phi) is 5.69. The summed E-state index contributed by atoms with van der Waals surface area (Å²) in [5.41, 5.74) is 3.95. The highest BCUT2D eigenvalue weighted by molar-refractivity contribution is 7.92. The number of nitrogens with zero attached hydrogens (tertiary/aromatic N) is 1. The van der Waals surface area contributed by atoms with E-state index in [2.05, 4.69) is 10.8 Å². The molecule has 0 bridgehead atoms. The lowest BCUT2D eigenvalue weighted by atomic mass is 9.99. The lowest BCUT2D eigenvalue weighted by Crippen LogP contribution is -2.35. The standard InChI is InChI=1S/C24H24N2O4S/c1-17-8-13-23-18(15-17)6-4-14-26(23)24(27)19-5-3-7-22(16-19)31(28,29)25-20-9-11-21(30-2)12-10-20/h3,5,7-13,15-16,25H,4,6,14H2,1-2H3. The van der Waals surface area contributed by atoms with Crippen LogP contribution in [0.15, 0.2) is 71.6 Å². The smallest absolute Gasteiger partial charge is 0.261 e. The van der Waals surface area contributed by atoms with Crippen molar-refractivity contribution in [3.63, 3.8) is 0 Å². The average molecular weight is 437 g/mol. The molecule has 0 radical (unpaired) electrons. The third-order valence-electron chi connectivity index (χ3n) is 5.33. The number of rotatable bonds is 5. The van der Waals surface area contributed by atoms with Gasteiger partial charge in [-0.3, -0.25) is 9.52 Å². The third-order valence-corrected chi connectivity index (χ3v) is 6.71. The average Bonchev–Trinajstić information content (AvgIpc) is 2.78. The van der Waals surface area contributed by atoms with Crippen LogP contribution in [0.2, 0.25) is 0 Å². The summed E-state index contributed by atoms with van der Waals surface area (Å²) in [5.74, 6) is 0.429. The van der Waals surface area contributed by atoms with Crippen molar-refractivity contribution >= 4 is 27.3 Å². The Bertz CT molecular complexity index is 1220. The quantitative estimate of drug-likeness (QED) is 0.643. The molecule has 3 aromatic rings. The Morgan fingerprint density at radius 1 is 1.03 bits per heavy atom. The number of carbonyl (C=O) groups excluding carboxylic acids is 1. The molecular weight excluding hydrogens is 412 g/mol. The number of amides is 1. The van der Waals surface area contributed by atoms with Crippen LogP contribution in [0.4, 0.5) is 11.4 Å². The summed E-state index contributed by atoms with van der Waals surface area (Å²) in [6.45, 7) is 2.64. The van der Waals surface area contributed by atoms with Gasteiger partial charge in [0.25, 0.3) is 15.9 Å². The van der Waals surface area contributed by atoms with Crippen LogP contribution in [0.5, 0.6) is 5.75 Å². The molecule has 0 saturated carbocycles. The van der Waals surface area contributed by atoms with Crippen molar-refractivity contribution in [1.29, 1.82) is 0 Å². The van der Waals surface area contributed by atoms with Gasteiger partial charge >= 0.3 is 0 Å². The maximum atomic E-state index is 13.3. The summed E-state index contributed by atoms with van der Waals surface area (Å²) in [5, 5.41) is 0. The number of methoxy groups -OCH3 is 1. The molecule has 1 N–H and O–H groups in total. The van der Waals surface area contributed by atoms with E-state index in [0.717, 1.165) is 29.7 Å². The van der Waals surface area contributed by atoms with Crippen molar-refractivity contribution in [2.24, 2.45) is 0 Å². The van der Waals surface area contributed by atoms with Gasteiger partial charge in [-0.1, -0.05) is 23.8 Å². The number of nitrogens with one attached hydrogen (secondary N) is 1. The minimum absolute atomic E-state index is 0.0373. The minimum Gasteiger partial charge on any atom is -0.497 e. The second kappa shape index (κ2) is 8.43. The van der Waals surface area contributed by atoms with Crippen molar-refractivity contribution in [3.8, 4) is 5.75 Å². The Morgan fingerprint density at radius 2 is 1.81 bits per heavy atom. The lowest BCUT2D eigenvalue weighted by Gasteiger charge is -2.30. The second-order valence-electron chi connectivity index (χ2n) is 7.55. The number of benzene rings is 3. The van der Waals surface area contributed by atoms with Gasteiger partial charge in [-0.05, 0) is 73.9 Å². The molecule has 1 amide bonds. The number of fused-ring (bicyclic) bond motifs is 1. The van der Waals surface area contributed by atoms with E-state index in [1.54, 1.807) is 48.4 Å². The summed E-state index contributed by atoms with van der Waals surface area (Å²) in [6.07, 6.45) is 1.81. The zero-order valence-electron chi connectivity index (χ0n) is 17.5. The van der Waals surface area contributed by atoms with Gasteiger partial charge in [0.2, 0.25) is 0 Å². The zero-order chi connectivity index (χ0) is 22.0.